The van der Waals surface area contributed by atoms with Crippen LogP contribution in [0.3, 0.4) is 0 Å². The van der Waals surface area contributed by atoms with Crippen molar-refractivity contribution in [3.05, 3.63) is 71.3 Å². The molecule has 0 saturated carbocycles. The van der Waals surface area contributed by atoms with Crippen LogP contribution in [0.25, 0.3) is 0 Å². The van der Waals surface area contributed by atoms with Crippen LogP contribution in [0.1, 0.15) is 42.0 Å². The normalized spacial score (nSPS) is 15.9. The third-order valence-corrected chi connectivity index (χ3v) is 4.75. The lowest BCUT2D eigenvalue weighted by atomic mass is 10.0. The van der Waals surface area contributed by atoms with Crippen LogP contribution in [0.4, 0.5) is 0 Å². The van der Waals surface area contributed by atoms with Gasteiger partial charge in [-0.15, -0.1) is 0 Å². The van der Waals surface area contributed by atoms with Gasteiger partial charge in [0.05, 0.1) is 0 Å². The van der Waals surface area contributed by atoms with Crippen LogP contribution in [0.5, 0.6) is 0 Å². The van der Waals surface area contributed by atoms with Crippen molar-refractivity contribution >= 4 is 5.91 Å². The number of likely N-dealkylation sites (tertiary alicyclic amines) is 1. The second-order valence-corrected chi connectivity index (χ2v) is 6.80. The lowest BCUT2D eigenvalue weighted by molar-refractivity contribution is -0.121. The molecule has 1 saturated heterocycles. The Kier molecular flexibility index (Phi) is 6.20. The summed E-state index contributed by atoms with van der Waals surface area (Å²) in [4.78, 5) is 14.6. The van der Waals surface area contributed by atoms with Crippen molar-refractivity contribution < 1.29 is 4.79 Å². The van der Waals surface area contributed by atoms with E-state index in [-0.39, 0.29) is 11.9 Å². The number of rotatable bonds is 7. The Hall–Kier alpha value is -2.17. The van der Waals surface area contributed by atoms with E-state index < -0.39 is 0 Å². The maximum Gasteiger partial charge on any atom is 0.222 e. The number of nitrogens with zero attached hydrogens (tertiary/aromatic N) is 1. The molecule has 1 fully saturated rings. The third kappa shape index (κ3) is 5.41. The second-order valence-electron chi connectivity index (χ2n) is 6.80. The summed E-state index contributed by atoms with van der Waals surface area (Å²) in [7, 11) is 0. The first-order valence-electron chi connectivity index (χ1n) is 9.08. The van der Waals surface area contributed by atoms with Gasteiger partial charge in [0.2, 0.25) is 5.91 Å². The first-order valence-corrected chi connectivity index (χ1v) is 9.08. The monoisotopic (exact) mass is 337 g/mol. The second kappa shape index (κ2) is 8.79. The van der Waals surface area contributed by atoms with Crippen LogP contribution in [-0.2, 0) is 17.9 Å². The Morgan fingerprint density at radius 2 is 1.64 bits per heavy atom. The smallest absolute Gasteiger partial charge is 0.222 e. The molecule has 2 aromatic rings. The minimum atomic E-state index is -0.260. The Labute approximate surface area is 150 Å². The molecule has 1 atom stereocenters. The number of benzene rings is 2. The predicted octanol–water partition coefficient (Wildman–Crippen LogP) is 2.99. The zero-order chi connectivity index (χ0) is 17.5. The van der Waals surface area contributed by atoms with Crippen LogP contribution < -0.4 is 11.1 Å². The minimum Gasteiger partial charge on any atom is -0.352 e. The van der Waals surface area contributed by atoms with Crippen molar-refractivity contribution in [2.45, 2.75) is 38.4 Å². The zero-order valence-electron chi connectivity index (χ0n) is 14.7. The van der Waals surface area contributed by atoms with Crippen molar-refractivity contribution in [2.75, 3.05) is 13.1 Å². The molecule has 0 spiro atoms. The highest BCUT2D eigenvalue weighted by Crippen LogP contribution is 2.14. The fraction of sp³-hybridized carbons (Fsp3) is 0.381. The van der Waals surface area contributed by atoms with Crippen molar-refractivity contribution in [2.24, 2.45) is 5.73 Å². The summed E-state index contributed by atoms with van der Waals surface area (Å²) >= 11 is 0. The van der Waals surface area contributed by atoms with Gasteiger partial charge in [-0.1, -0.05) is 54.6 Å². The highest BCUT2D eigenvalue weighted by molar-refractivity contribution is 5.76. The van der Waals surface area contributed by atoms with Crippen LogP contribution in [0.2, 0.25) is 0 Å². The Morgan fingerprint density at radius 3 is 2.32 bits per heavy atom. The van der Waals surface area contributed by atoms with E-state index in [1.165, 1.54) is 31.5 Å². The molecule has 1 unspecified atom stereocenters. The summed E-state index contributed by atoms with van der Waals surface area (Å²) in [6, 6.07) is 18.0. The molecule has 1 aliphatic rings. The van der Waals surface area contributed by atoms with Gasteiger partial charge in [-0.05, 0) is 42.6 Å². The standard InChI is InChI=1S/C21H27N3O/c22-20(19-6-2-1-3-7-19)14-21(25)23-15-17-8-10-18(11-9-17)16-24-12-4-5-13-24/h1-3,6-11,20H,4-5,12-16,22H2,(H,23,25). The Balaban J connectivity index is 1.43. The Morgan fingerprint density at radius 1 is 1.00 bits per heavy atom. The summed E-state index contributed by atoms with van der Waals surface area (Å²) in [6.07, 6.45) is 2.93. The molecule has 1 aliphatic heterocycles. The molecule has 3 N–H and O–H groups in total. The largest absolute Gasteiger partial charge is 0.352 e. The maximum atomic E-state index is 12.1. The Bertz CT molecular complexity index is 663. The maximum absolute atomic E-state index is 12.1. The summed E-state index contributed by atoms with van der Waals surface area (Å²) < 4.78 is 0. The quantitative estimate of drug-likeness (QED) is 0.816. The number of hydrogen-bond acceptors (Lipinski definition) is 3. The highest BCUT2D eigenvalue weighted by Gasteiger charge is 2.12. The molecule has 1 heterocycles. The van der Waals surface area contributed by atoms with Crippen LogP contribution >= 0.6 is 0 Å². The van der Waals surface area contributed by atoms with Gasteiger partial charge in [-0.25, -0.2) is 0 Å². The summed E-state index contributed by atoms with van der Waals surface area (Å²) in [5, 5.41) is 2.96. The molecular formula is C21H27N3O. The average molecular weight is 337 g/mol. The topological polar surface area (TPSA) is 58.4 Å². The molecule has 2 aromatic carbocycles. The molecule has 1 amide bonds. The molecule has 4 nitrogen and oxygen atoms in total. The lowest BCUT2D eigenvalue weighted by Gasteiger charge is -2.15. The number of amides is 1. The van der Waals surface area contributed by atoms with E-state index in [9.17, 15) is 4.79 Å². The number of carbonyl (C=O) groups is 1. The molecule has 132 valence electrons. The first kappa shape index (κ1) is 17.6. The fourth-order valence-electron chi connectivity index (χ4n) is 3.25. The van der Waals surface area contributed by atoms with E-state index in [0.29, 0.717) is 13.0 Å². The number of hydrogen-bond donors (Lipinski definition) is 2. The number of carbonyl (C=O) groups excluding carboxylic acids is 1. The predicted molar refractivity (Wildman–Crippen MR) is 101 cm³/mol. The molecular weight excluding hydrogens is 310 g/mol. The van der Waals surface area contributed by atoms with E-state index in [4.69, 9.17) is 5.73 Å². The van der Waals surface area contributed by atoms with Crippen LogP contribution in [0, 0.1) is 0 Å². The van der Waals surface area contributed by atoms with E-state index in [1.807, 2.05) is 30.3 Å². The summed E-state index contributed by atoms with van der Waals surface area (Å²) in [6.45, 7) is 3.99. The SMILES string of the molecule is NC(CC(=O)NCc1ccc(CN2CCCC2)cc1)c1ccccc1. The van der Waals surface area contributed by atoms with E-state index in [1.54, 1.807) is 0 Å². The molecule has 0 bridgehead atoms. The molecule has 25 heavy (non-hydrogen) atoms. The summed E-state index contributed by atoms with van der Waals surface area (Å²) in [5.41, 5.74) is 9.54. The van der Waals surface area contributed by atoms with Gasteiger partial charge in [0.1, 0.15) is 0 Å². The van der Waals surface area contributed by atoms with Gasteiger partial charge in [0, 0.05) is 25.6 Å². The van der Waals surface area contributed by atoms with Crippen molar-refractivity contribution in [1.29, 1.82) is 0 Å². The van der Waals surface area contributed by atoms with Crippen LogP contribution in [-0.4, -0.2) is 23.9 Å². The van der Waals surface area contributed by atoms with Crippen LogP contribution in [0.15, 0.2) is 54.6 Å². The molecule has 0 aromatic heterocycles. The lowest BCUT2D eigenvalue weighted by Crippen LogP contribution is -2.27. The minimum absolute atomic E-state index is 0.0162. The van der Waals surface area contributed by atoms with Gasteiger partial charge >= 0.3 is 0 Å². The number of nitrogens with one attached hydrogen (secondary N) is 1. The first-order chi connectivity index (χ1) is 12.2. The molecule has 0 aliphatic carbocycles. The van der Waals surface area contributed by atoms with Gasteiger partial charge < -0.3 is 11.1 Å². The van der Waals surface area contributed by atoms with Crippen molar-refractivity contribution in [1.82, 2.24) is 10.2 Å². The van der Waals surface area contributed by atoms with E-state index >= 15 is 0 Å². The van der Waals surface area contributed by atoms with Gasteiger partial charge in [-0.2, -0.15) is 0 Å². The highest BCUT2D eigenvalue weighted by atomic mass is 16.1. The van der Waals surface area contributed by atoms with Gasteiger partial charge in [0.15, 0.2) is 0 Å². The summed E-state index contributed by atoms with van der Waals surface area (Å²) in [5.74, 6) is -0.0162. The molecule has 4 heteroatoms. The third-order valence-electron chi connectivity index (χ3n) is 4.75. The number of nitrogens with two attached hydrogens (primary N) is 1. The van der Waals surface area contributed by atoms with Crippen molar-refractivity contribution in [3.63, 3.8) is 0 Å². The van der Waals surface area contributed by atoms with Crippen molar-refractivity contribution in [3.8, 4) is 0 Å². The van der Waals surface area contributed by atoms with E-state index in [0.717, 1.165) is 17.7 Å². The average Bonchev–Trinajstić information content (AvgIpc) is 3.15. The van der Waals surface area contributed by atoms with Gasteiger partial charge in [-0.3, -0.25) is 9.69 Å². The fourth-order valence-corrected chi connectivity index (χ4v) is 3.25. The molecule has 0 radical (unpaired) electrons. The van der Waals surface area contributed by atoms with Gasteiger partial charge in [0.25, 0.3) is 0 Å². The van der Waals surface area contributed by atoms with E-state index in [2.05, 4.69) is 34.5 Å². The molecule has 3 rings (SSSR count). The zero-order valence-corrected chi connectivity index (χ0v) is 14.7.